The Morgan fingerprint density at radius 3 is 1.74 bits per heavy atom. The minimum atomic E-state index is -0.778. The van der Waals surface area contributed by atoms with Gasteiger partial charge in [-0.15, -0.1) is 10.2 Å². The number of hydrogen-bond donors (Lipinski definition) is 5. The molecule has 11 rings (SSSR count). The van der Waals surface area contributed by atoms with Crippen LogP contribution in [0.2, 0.25) is 0 Å². The summed E-state index contributed by atoms with van der Waals surface area (Å²) in [5, 5.41) is 26.8. The Kier molecular flexibility index (Phi) is 12.2. The highest BCUT2D eigenvalue weighted by Crippen LogP contribution is 2.28. The molecule has 0 aliphatic carbocycles. The molecule has 5 N–H and O–H groups in total. The van der Waals surface area contributed by atoms with Crippen molar-refractivity contribution in [1.82, 2.24) is 60.0 Å². The summed E-state index contributed by atoms with van der Waals surface area (Å²) in [6.07, 6.45) is -0.485. The average Bonchev–Trinajstić information content (AvgIpc) is 3.91. The van der Waals surface area contributed by atoms with Crippen molar-refractivity contribution in [1.29, 1.82) is 0 Å². The molecule has 2 atom stereocenters. The van der Waals surface area contributed by atoms with E-state index in [9.17, 15) is 14.4 Å². The summed E-state index contributed by atoms with van der Waals surface area (Å²) >= 11 is 0. The summed E-state index contributed by atoms with van der Waals surface area (Å²) in [6, 6.07) is 39.7. The quantitative estimate of drug-likeness (QED) is 0.127. The molecule has 2 fully saturated rings. The van der Waals surface area contributed by atoms with Gasteiger partial charge in [-0.1, -0.05) is 103 Å². The number of fused-ring (bicyclic) bond motifs is 6. The van der Waals surface area contributed by atoms with E-state index in [2.05, 4.69) is 26.6 Å². The smallest absolute Gasteiger partial charge is 0.410 e. The molecule has 9 aromatic rings. The van der Waals surface area contributed by atoms with E-state index in [1.165, 1.54) is 4.90 Å². The molecule has 68 heavy (non-hydrogen) atoms. The van der Waals surface area contributed by atoms with E-state index in [4.69, 9.17) is 34.9 Å². The van der Waals surface area contributed by atoms with Crippen LogP contribution >= 0.6 is 0 Å². The Bertz CT molecular complexity index is 3320. The third-order valence-electron chi connectivity index (χ3n) is 11.9. The summed E-state index contributed by atoms with van der Waals surface area (Å²) in [6.45, 7) is 6.83. The lowest BCUT2D eigenvalue weighted by Gasteiger charge is -2.23. The number of amides is 3. The molecule has 2 aliphatic rings. The van der Waals surface area contributed by atoms with Gasteiger partial charge in [-0.3, -0.25) is 9.59 Å². The number of benzene rings is 5. The normalized spacial score (nSPS) is 16.4. The Labute approximate surface area is 390 Å². The molecule has 342 valence electrons. The number of aromatic nitrogens is 8. The fraction of sp³-hybridized carbons (Fsp3) is 0.220. The second kappa shape index (κ2) is 19.1. The lowest BCUT2D eigenvalue weighted by molar-refractivity contribution is -0.122. The zero-order valence-corrected chi connectivity index (χ0v) is 37.4. The van der Waals surface area contributed by atoms with Gasteiger partial charge in [-0.25, -0.2) is 24.7 Å². The van der Waals surface area contributed by atoms with E-state index < -0.39 is 18.2 Å². The van der Waals surface area contributed by atoms with Gasteiger partial charge in [0.1, 0.15) is 18.7 Å². The van der Waals surface area contributed by atoms with Crippen LogP contribution in [0.1, 0.15) is 16.7 Å². The molecule has 0 bridgehead atoms. The lowest BCUT2D eigenvalue weighted by atomic mass is 10.1. The third kappa shape index (κ3) is 9.04. The number of rotatable bonds is 8. The van der Waals surface area contributed by atoms with E-state index in [0.29, 0.717) is 66.5 Å². The van der Waals surface area contributed by atoms with E-state index >= 15 is 0 Å². The molecule has 2 aliphatic heterocycles. The maximum Gasteiger partial charge on any atom is 0.410 e. The summed E-state index contributed by atoms with van der Waals surface area (Å²) < 4.78 is 8.85. The Morgan fingerprint density at radius 2 is 1.13 bits per heavy atom. The second-order valence-corrected chi connectivity index (χ2v) is 16.5. The Hall–Kier alpha value is -8.51. The molecule has 2 unspecified atom stereocenters. The molecule has 4 aromatic heterocycles. The summed E-state index contributed by atoms with van der Waals surface area (Å²) in [7, 11) is 0. The number of ether oxygens (including phenoxy) is 1. The zero-order chi connectivity index (χ0) is 46.6. The number of carbonyl (C=O) groups is 3. The lowest BCUT2D eigenvalue weighted by Crippen LogP contribution is -2.44. The number of anilines is 2. The van der Waals surface area contributed by atoms with Crippen LogP contribution < -0.4 is 26.6 Å². The van der Waals surface area contributed by atoms with Crippen molar-refractivity contribution in [2.45, 2.75) is 32.5 Å². The first kappa shape index (κ1) is 43.4. The Morgan fingerprint density at radius 1 is 0.618 bits per heavy atom. The summed E-state index contributed by atoms with van der Waals surface area (Å²) in [5.41, 5.74) is 7.76. The first-order valence-corrected chi connectivity index (χ1v) is 22.5. The van der Waals surface area contributed by atoms with Gasteiger partial charge in [0, 0.05) is 54.6 Å². The van der Waals surface area contributed by atoms with Gasteiger partial charge >= 0.3 is 6.09 Å². The predicted molar refractivity (Wildman–Crippen MR) is 259 cm³/mol. The fourth-order valence-electron chi connectivity index (χ4n) is 8.26. The standard InChI is InChI=1S/C29H27N7O3.C21H21N7O/c1-19-9-5-6-12-21(19)25-33-26-22-13-7-8-14-23(22)31-28(36(26)34-25)32-24-17-35(16-15-30-27(24)37)29(38)39-18-20-10-3-2-4-11-20;1-13-6-2-3-7-14(13)18-26-19-15-8-4-5-9-16(15)24-21(28(19)27-18)25-17-12-22-10-11-23-20(17)29/h2-14,24H,15-18H2,1H3,(H,30,37)(H,31,32);2-9,17,22H,10-12H2,1H3,(H,23,29)(H,24,25). The van der Waals surface area contributed by atoms with Crippen molar-refractivity contribution >= 4 is 62.9 Å². The van der Waals surface area contributed by atoms with Crippen LogP contribution in [0.3, 0.4) is 0 Å². The van der Waals surface area contributed by atoms with Crippen molar-refractivity contribution in [2.24, 2.45) is 0 Å². The van der Waals surface area contributed by atoms with Crippen LogP contribution in [0.15, 0.2) is 127 Å². The number of aryl methyl sites for hydroxylation is 2. The molecule has 18 heteroatoms. The number of nitrogens with zero attached hydrogens (tertiary/aromatic N) is 9. The SMILES string of the molecule is Cc1ccccc1-c1nc2c3ccccc3nc(NC3CN(C(=O)OCc4ccccc4)CCNC3=O)n2n1.Cc1ccccc1-c1nc2c3ccccc3nc(NC3CNCCNC3=O)n2n1. The van der Waals surface area contributed by atoms with Gasteiger partial charge in [0.25, 0.3) is 0 Å². The van der Waals surface area contributed by atoms with Gasteiger partial charge in [0.2, 0.25) is 23.7 Å². The van der Waals surface area contributed by atoms with Gasteiger partial charge < -0.3 is 36.2 Å². The largest absolute Gasteiger partial charge is 0.445 e. The fourth-order valence-corrected chi connectivity index (χ4v) is 8.26. The van der Waals surface area contributed by atoms with Crippen molar-refractivity contribution in [3.8, 4) is 22.8 Å². The van der Waals surface area contributed by atoms with E-state index in [0.717, 1.165) is 50.7 Å². The molecular formula is C50H48N14O4. The van der Waals surface area contributed by atoms with Crippen LogP contribution in [0.5, 0.6) is 0 Å². The third-order valence-corrected chi connectivity index (χ3v) is 11.9. The second-order valence-electron chi connectivity index (χ2n) is 16.5. The maximum atomic E-state index is 13.0. The molecule has 2 saturated heterocycles. The molecule has 0 radical (unpaired) electrons. The summed E-state index contributed by atoms with van der Waals surface area (Å²) in [4.78, 5) is 59.0. The van der Waals surface area contributed by atoms with Gasteiger partial charge in [0.05, 0.1) is 17.6 Å². The van der Waals surface area contributed by atoms with Crippen LogP contribution in [0.25, 0.3) is 55.9 Å². The number of carbonyl (C=O) groups excluding carboxylic acids is 3. The molecule has 0 saturated carbocycles. The average molecular weight is 909 g/mol. The molecule has 5 aromatic carbocycles. The molecule has 18 nitrogen and oxygen atoms in total. The molecule has 0 spiro atoms. The van der Waals surface area contributed by atoms with Crippen LogP contribution in [0, 0.1) is 13.8 Å². The highest BCUT2D eigenvalue weighted by atomic mass is 16.6. The van der Waals surface area contributed by atoms with Crippen LogP contribution in [-0.4, -0.2) is 113 Å². The zero-order valence-electron chi connectivity index (χ0n) is 37.4. The van der Waals surface area contributed by atoms with E-state index in [-0.39, 0.29) is 25.0 Å². The van der Waals surface area contributed by atoms with Crippen LogP contribution in [-0.2, 0) is 20.9 Å². The maximum absolute atomic E-state index is 13.0. The topological polar surface area (TPSA) is 210 Å². The minimum Gasteiger partial charge on any atom is -0.445 e. The number of hydrogen-bond acceptors (Lipinski definition) is 13. The van der Waals surface area contributed by atoms with Gasteiger partial charge in [0.15, 0.2) is 22.9 Å². The predicted octanol–water partition coefficient (Wildman–Crippen LogP) is 5.55. The number of para-hydroxylation sites is 2. The molecular weight excluding hydrogens is 861 g/mol. The van der Waals surface area contributed by atoms with E-state index in [1.807, 2.05) is 141 Å². The highest BCUT2D eigenvalue weighted by molar-refractivity contribution is 5.95. The Balaban J connectivity index is 0.000000165. The van der Waals surface area contributed by atoms with Crippen molar-refractivity contribution in [2.75, 3.05) is 49.9 Å². The van der Waals surface area contributed by atoms with Gasteiger partial charge in [-0.2, -0.15) is 9.03 Å². The number of nitrogens with one attached hydrogen (secondary N) is 5. The van der Waals surface area contributed by atoms with Crippen molar-refractivity contribution in [3.05, 3.63) is 144 Å². The van der Waals surface area contributed by atoms with Crippen molar-refractivity contribution in [3.63, 3.8) is 0 Å². The summed E-state index contributed by atoms with van der Waals surface area (Å²) in [5.74, 6) is 1.75. The minimum absolute atomic E-state index is 0.0580. The first-order valence-electron chi connectivity index (χ1n) is 22.5. The molecule has 3 amide bonds. The monoisotopic (exact) mass is 908 g/mol. The van der Waals surface area contributed by atoms with Crippen LogP contribution in [0.4, 0.5) is 16.7 Å². The van der Waals surface area contributed by atoms with Crippen molar-refractivity contribution < 1.29 is 19.1 Å². The highest BCUT2D eigenvalue weighted by Gasteiger charge is 2.30. The van der Waals surface area contributed by atoms with Gasteiger partial charge in [-0.05, 0) is 54.8 Å². The first-order chi connectivity index (χ1) is 33.3. The molecule has 6 heterocycles. The van der Waals surface area contributed by atoms with E-state index in [1.54, 1.807) is 9.03 Å².